The number of ether oxygens (including phenoxy) is 2. The molecule has 2 amide bonds. The number of carbonyl (C=O) groups is 1. The molecule has 1 aromatic rings. The van der Waals surface area contributed by atoms with E-state index in [-0.39, 0.29) is 17.5 Å². The lowest BCUT2D eigenvalue weighted by Gasteiger charge is -2.16. The van der Waals surface area contributed by atoms with Crippen molar-refractivity contribution in [3.8, 4) is 11.5 Å². The molecule has 0 bridgehead atoms. The van der Waals surface area contributed by atoms with E-state index < -0.39 is 15.9 Å². The first-order valence-electron chi connectivity index (χ1n) is 6.44. The zero-order valence-electron chi connectivity index (χ0n) is 11.9. The predicted molar refractivity (Wildman–Crippen MR) is 78.8 cm³/mol. The molecule has 1 unspecified atom stereocenters. The fraction of sp³-hybridized carbons (Fsp3) is 0.462. The third kappa shape index (κ3) is 3.78. The van der Waals surface area contributed by atoms with Gasteiger partial charge in [-0.05, 0) is 18.6 Å². The van der Waals surface area contributed by atoms with Crippen molar-refractivity contribution in [2.75, 3.05) is 31.0 Å². The van der Waals surface area contributed by atoms with E-state index in [0.717, 1.165) is 0 Å². The Morgan fingerprint density at radius 1 is 1.24 bits per heavy atom. The highest BCUT2D eigenvalue weighted by Crippen LogP contribution is 2.34. The zero-order chi connectivity index (χ0) is 15.5. The van der Waals surface area contributed by atoms with Crippen LogP contribution in [-0.4, -0.2) is 46.2 Å². The lowest BCUT2D eigenvalue weighted by molar-refractivity contribution is 0.249. The molecule has 2 rings (SSSR count). The number of para-hydroxylation sites is 1. The van der Waals surface area contributed by atoms with Crippen molar-refractivity contribution < 1.29 is 22.7 Å². The molecule has 0 spiro atoms. The van der Waals surface area contributed by atoms with Crippen molar-refractivity contribution in [3.05, 3.63) is 18.2 Å². The SMILES string of the molecule is COc1cccc(OC)c1NC(=O)NC1CCS(=O)(=O)C1. The number of anilines is 1. The summed E-state index contributed by atoms with van der Waals surface area (Å²) in [6.45, 7) is 0. The van der Waals surface area contributed by atoms with Crippen molar-refractivity contribution in [1.82, 2.24) is 5.32 Å². The first-order valence-corrected chi connectivity index (χ1v) is 8.26. The van der Waals surface area contributed by atoms with Gasteiger partial charge in [0.25, 0.3) is 0 Å². The Morgan fingerprint density at radius 3 is 2.33 bits per heavy atom. The highest BCUT2D eigenvalue weighted by molar-refractivity contribution is 7.91. The molecule has 1 aliphatic heterocycles. The molecular formula is C13H18N2O5S. The van der Waals surface area contributed by atoms with Crippen LogP contribution in [0.4, 0.5) is 10.5 Å². The van der Waals surface area contributed by atoms with Crippen LogP contribution in [0.15, 0.2) is 18.2 Å². The van der Waals surface area contributed by atoms with Crippen molar-refractivity contribution in [2.45, 2.75) is 12.5 Å². The van der Waals surface area contributed by atoms with Gasteiger partial charge >= 0.3 is 6.03 Å². The number of hydrogen-bond donors (Lipinski definition) is 2. The van der Waals surface area contributed by atoms with E-state index in [2.05, 4.69) is 10.6 Å². The lowest BCUT2D eigenvalue weighted by atomic mass is 10.2. The average Bonchev–Trinajstić information content (AvgIpc) is 2.77. The van der Waals surface area contributed by atoms with Gasteiger partial charge in [0.1, 0.15) is 17.2 Å². The summed E-state index contributed by atoms with van der Waals surface area (Å²) in [5.74, 6) is 1.01. The molecule has 8 heteroatoms. The fourth-order valence-electron chi connectivity index (χ4n) is 2.22. The summed E-state index contributed by atoms with van der Waals surface area (Å²) in [6.07, 6.45) is 0.429. The first-order chi connectivity index (χ1) is 9.95. The highest BCUT2D eigenvalue weighted by Gasteiger charge is 2.29. The smallest absolute Gasteiger partial charge is 0.319 e. The van der Waals surface area contributed by atoms with Gasteiger partial charge < -0.3 is 20.1 Å². The maximum absolute atomic E-state index is 12.0. The number of carbonyl (C=O) groups excluding carboxylic acids is 1. The Bertz CT molecular complexity index is 607. The third-order valence-corrected chi connectivity index (χ3v) is 5.00. The molecule has 0 aromatic heterocycles. The molecule has 116 valence electrons. The molecular weight excluding hydrogens is 296 g/mol. The van der Waals surface area contributed by atoms with Crippen LogP contribution in [0, 0.1) is 0 Å². The monoisotopic (exact) mass is 314 g/mol. The number of nitrogens with one attached hydrogen (secondary N) is 2. The van der Waals surface area contributed by atoms with Gasteiger partial charge in [-0.2, -0.15) is 0 Å². The second kappa shape index (κ2) is 6.21. The Morgan fingerprint density at radius 2 is 1.86 bits per heavy atom. The van der Waals surface area contributed by atoms with Gasteiger partial charge in [0.2, 0.25) is 0 Å². The largest absolute Gasteiger partial charge is 0.494 e. The topological polar surface area (TPSA) is 93.7 Å². The Labute approximate surface area is 123 Å². The van der Waals surface area contributed by atoms with Crippen LogP contribution in [0.1, 0.15) is 6.42 Å². The number of urea groups is 1. The molecule has 1 heterocycles. The van der Waals surface area contributed by atoms with E-state index in [4.69, 9.17) is 9.47 Å². The number of amides is 2. The maximum Gasteiger partial charge on any atom is 0.319 e. The predicted octanol–water partition coefficient (Wildman–Crippen LogP) is 1.01. The van der Waals surface area contributed by atoms with Crippen molar-refractivity contribution in [1.29, 1.82) is 0 Å². The number of sulfone groups is 1. The van der Waals surface area contributed by atoms with Crippen LogP contribution >= 0.6 is 0 Å². The zero-order valence-corrected chi connectivity index (χ0v) is 12.7. The van der Waals surface area contributed by atoms with Gasteiger partial charge in [0, 0.05) is 6.04 Å². The average molecular weight is 314 g/mol. The van der Waals surface area contributed by atoms with E-state index in [1.807, 2.05) is 0 Å². The van der Waals surface area contributed by atoms with Gasteiger partial charge in [0.15, 0.2) is 9.84 Å². The molecule has 21 heavy (non-hydrogen) atoms. The normalized spacial score (nSPS) is 19.8. The Balaban J connectivity index is 2.06. The highest BCUT2D eigenvalue weighted by atomic mass is 32.2. The Kier molecular flexibility index (Phi) is 4.56. The standard InChI is InChI=1S/C13H18N2O5S/c1-19-10-4-3-5-11(20-2)12(10)15-13(16)14-9-6-7-21(17,18)8-9/h3-5,9H,6-8H2,1-2H3,(H2,14,15,16). The number of benzene rings is 1. The van der Waals surface area contributed by atoms with Gasteiger partial charge in [0.05, 0.1) is 25.7 Å². The second-order valence-electron chi connectivity index (χ2n) is 4.74. The minimum absolute atomic E-state index is 0.0243. The first kappa shape index (κ1) is 15.4. The summed E-state index contributed by atoms with van der Waals surface area (Å²) >= 11 is 0. The summed E-state index contributed by atoms with van der Waals surface area (Å²) < 4.78 is 33.1. The molecule has 0 aliphatic carbocycles. The van der Waals surface area contributed by atoms with E-state index in [1.54, 1.807) is 18.2 Å². The van der Waals surface area contributed by atoms with Crippen LogP contribution < -0.4 is 20.1 Å². The van der Waals surface area contributed by atoms with Crippen LogP contribution in [0.25, 0.3) is 0 Å². The van der Waals surface area contributed by atoms with Crippen LogP contribution in [0.2, 0.25) is 0 Å². The molecule has 1 saturated heterocycles. The second-order valence-corrected chi connectivity index (χ2v) is 6.96. The number of rotatable bonds is 4. The van der Waals surface area contributed by atoms with E-state index in [9.17, 15) is 13.2 Å². The van der Waals surface area contributed by atoms with E-state index in [1.165, 1.54) is 14.2 Å². The lowest BCUT2D eigenvalue weighted by Crippen LogP contribution is -2.38. The third-order valence-electron chi connectivity index (χ3n) is 3.23. The van der Waals surface area contributed by atoms with Gasteiger partial charge in [-0.1, -0.05) is 6.07 Å². The maximum atomic E-state index is 12.0. The minimum atomic E-state index is -3.03. The Hall–Kier alpha value is -1.96. The molecule has 1 aliphatic rings. The molecule has 1 fully saturated rings. The quantitative estimate of drug-likeness (QED) is 0.865. The number of methoxy groups -OCH3 is 2. The fourth-order valence-corrected chi connectivity index (χ4v) is 3.89. The molecule has 7 nitrogen and oxygen atoms in total. The van der Waals surface area contributed by atoms with Crippen LogP contribution in [0.3, 0.4) is 0 Å². The summed E-state index contributed by atoms with van der Waals surface area (Å²) in [5.41, 5.74) is 0.404. The van der Waals surface area contributed by atoms with Crippen LogP contribution in [0.5, 0.6) is 11.5 Å². The van der Waals surface area contributed by atoms with Crippen molar-refractivity contribution in [2.24, 2.45) is 0 Å². The molecule has 1 aromatic carbocycles. The van der Waals surface area contributed by atoms with Gasteiger partial charge in [-0.25, -0.2) is 13.2 Å². The van der Waals surface area contributed by atoms with Crippen LogP contribution in [-0.2, 0) is 9.84 Å². The van der Waals surface area contributed by atoms with Gasteiger partial charge in [-0.3, -0.25) is 0 Å². The summed E-state index contributed by atoms with van der Waals surface area (Å²) in [6, 6.07) is 4.27. The van der Waals surface area contributed by atoms with E-state index >= 15 is 0 Å². The minimum Gasteiger partial charge on any atom is -0.494 e. The van der Waals surface area contributed by atoms with Crippen molar-refractivity contribution >= 4 is 21.6 Å². The molecule has 0 radical (unpaired) electrons. The molecule has 2 N–H and O–H groups in total. The number of hydrogen-bond acceptors (Lipinski definition) is 5. The van der Waals surface area contributed by atoms with E-state index in [0.29, 0.717) is 23.6 Å². The van der Waals surface area contributed by atoms with Crippen molar-refractivity contribution in [3.63, 3.8) is 0 Å². The summed E-state index contributed by atoms with van der Waals surface area (Å²) in [7, 11) is -0.0565. The molecule has 1 atom stereocenters. The van der Waals surface area contributed by atoms with Gasteiger partial charge in [-0.15, -0.1) is 0 Å². The molecule has 0 saturated carbocycles. The summed E-state index contributed by atoms with van der Waals surface area (Å²) in [4.78, 5) is 12.0. The summed E-state index contributed by atoms with van der Waals surface area (Å²) in [5, 5.41) is 5.29.